The number of nitriles is 2. The van der Waals surface area contributed by atoms with Crippen LogP contribution in [0, 0.1) is 29.2 Å². The summed E-state index contributed by atoms with van der Waals surface area (Å²) in [6.07, 6.45) is 5.08. The Hall–Kier alpha value is -2.32. The van der Waals surface area contributed by atoms with Gasteiger partial charge in [-0.15, -0.1) is 0 Å². The highest BCUT2D eigenvalue weighted by Gasteiger charge is 2.03. The first-order valence-electron chi connectivity index (χ1n) is 2.93. The molecule has 1 heterocycles. The van der Waals surface area contributed by atoms with Crippen molar-refractivity contribution in [3.8, 4) is 12.1 Å². The monoisotopic (exact) mass is 159 g/mol. The van der Waals surface area contributed by atoms with Crippen LogP contribution >= 0.6 is 0 Å². The van der Waals surface area contributed by atoms with Crippen molar-refractivity contribution in [2.75, 3.05) is 0 Å². The van der Waals surface area contributed by atoms with Crippen LogP contribution in [0.3, 0.4) is 0 Å². The summed E-state index contributed by atoms with van der Waals surface area (Å²) in [6, 6.07) is 1.86. The van der Waals surface area contributed by atoms with Crippen LogP contribution in [-0.4, -0.2) is 16.0 Å². The number of imidazole rings is 1. The molecule has 0 aromatic carbocycles. The van der Waals surface area contributed by atoms with Crippen molar-refractivity contribution >= 4 is 0 Å². The lowest BCUT2D eigenvalue weighted by atomic mass is 10.4. The van der Waals surface area contributed by atoms with Crippen LogP contribution in [0.4, 0.5) is 0 Å². The molecule has 12 heavy (non-hydrogen) atoms. The van der Waals surface area contributed by atoms with Crippen LogP contribution in [0.1, 0.15) is 0 Å². The van der Waals surface area contributed by atoms with Crippen LogP contribution in [0.25, 0.3) is 4.85 Å². The number of aromatic amines is 1. The lowest BCUT2D eigenvalue weighted by Crippen LogP contribution is -1.88. The number of hydrogen-bond donors (Lipinski definition) is 1. The zero-order valence-corrected chi connectivity index (χ0v) is 6.10. The Bertz CT molecular complexity index is 257. The molecular weight excluding hydrogens is 154 g/mol. The number of hydrogen-bond acceptors (Lipinski definition) is 3. The molecule has 0 unspecified atom stereocenters. The van der Waals surface area contributed by atoms with E-state index < -0.39 is 6.04 Å². The first-order valence-corrected chi connectivity index (χ1v) is 2.93. The van der Waals surface area contributed by atoms with Gasteiger partial charge in [0.25, 0.3) is 0 Å². The summed E-state index contributed by atoms with van der Waals surface area (Å²) < 4.78 is 0. The molecule has 0 radical (unpaired) electrons. The van der Waals surface area contributed by atoms with Crippen molar-refractivity contribution < 1.29 is 0 Å². The standard InChI is InChI=1S/C4HN3.C3H4N2/c1-7-4(2-5)3-6;1-2-5-3-4-1/h4H;1-3H,(H,4,5). The molecule has 0 saturated heterocycles. The predicted octanol–water partition coefficient (Wildman–Crippen LogP) is 0.731. The first-order chi connectivity index (χ1) is 5.85. The van der Waals surface area contributed by atoms with E-state index in [2.05, 4.69) is 14.8 Å². The minimum atomic E-state index is -1.11. The fourth-order valence-corrected chi connectivity index (χ4v) is 0.302. The third kappa shape index (κ3) is 4.55. The van der Waals surface area contributed by atoms with Gasteiger partial charge in [0, 0.05) is 12.4 Å². The number of aromatic nitrogens is 2. The highest BCUT2D eigenvalue weighted by atomic mass is 14.8. The fraction of sp³-hybridized carbons (Fsp3) is 0.143. The van der Waals surface area contributed by atoms with E-state index in [0.29, 0.717) is 0 Å². The van der Waals surface area contributed by atoms with E-state index in [-0.39, 0.29) is 0 Å². The summed E-state index contributed by atoms with van der Waals surface area (Å²) in [7, 11) is 0. The van der Waals surface area contributed by atoms with Crippen molar-refractivity contribution in [3.63, 3.8) is 0 Å². The van der Waals surface area contributed by atoms with Crippen molar-refractivity contribution in [3.05, 3.63) is 30.1 Å². The molecule has 58 valence electrons. The van der Waals surface area contributed by atoms with E-state index in [9.17, 15) is 0 Å². The Morgan fingerprint density at radius 3 is 2.25 bits per heavy atom. The second kappa shape index (κ2) is 6.80. The molecule has 1 rings (SSSR count). The van der Waals surface area contributed by atoms with Crippen LogP contribution in [0.2, 0.25) is 0 Å². The van der Waals surface area contributed by atoms with E-state index in [4.69, 9.17) is 17.1 Å². The van der Waals surface area contributed by atoms with Gasteiger partial charge < -0.3 is 4.98 Å². The zero-order valence-electron chi connectivity index (χ0n) is 6.10. The second-order valence-corrected chi connectivity index (χ2v) is 1.55. The van der Waals surface area contributed by atoms with Crippen molar-refractivity contribution in [1.29, 1.82) is 10.5 Å². The van der Waals surface area contributed by atoms with Crippen molar-refractivity contribution in [2.45, 2.75) is 6.04 Å². The van der Waals surface area contributed by atoms with Gasteiger partial charge in [-0.1, -0.05) is 0 Å². The fourth-order valence-electron chi connectivity index (χ4n) is 0.302. The maximum absolute atomic E-state index is 7.84. The zero-order chi connectivity index (χ0) is 9.23. The van der Waals surface area contributed by atoms with Gasteiger partial charge in [0.15, 0.2) is 12.1 Å². The summed E-state index contributed by atoms with van der Waals surface area (Å²) in [5.41, 5.74) is 0. The minimum Gasteiger partial charge on any atom is -0.351 e. The van der Waals surface area contributed by atoms with Gasteiger partial charge in [-0.25, -0.2) is 11.6 Å². The molecule has 1 aromatic heterocycles. The Kier molecular flexibility index (Phi) is 5.48. The molecule has 5 nitrogen and oxygen atoms in total. The average Bonchev–Trinajstić information content (AvgIpc) is 2.64. The normalized spacial score (nSPS) is 6.83. The van der Waals surface area contributed by atoms with Gasteiger partial charge in [-0.05, 0) is 0 Å². The summed E-state index contributed by atoms with van der Waals surface area (Å²) >= 11 is 0. The lowest BCUT2D eigenvalue weighted by molar-refractivity contribution is 1.22. The van der Waals surface area contributed by atoms with Gasteiger partial charge in [-0.2, -0.15) is 10.5 Å². The number of H-pyrrole nitrogens is 1. The molecule has 0 aliphatic heterocycles. The molecule has 0 atom stereocenters. The van der Waals surface area contributed by atoms with Gasteiger partial charge >= 0.3 is 6.04 Å². The molecular formula is C7H5N5. The third-order valence-corrected chi connectivity index (χ3v) is 0.780. The minimum absolute atomic E-state index is 1.11. The molecule has 0 aliphatic carbocycles. The van der Waals surface area contributed by atoms with Crippen LogP contribution < -0.4 is 0 Å². The van der Waals surface area contributed by atoms with E-state index in [1.54, 1.807) is 18.7 Å². The van der Waals surface area contributed by atoms with Crippen molar-refractivity contribution in [1.82, 2.24) is 9.97 Å². The van der Waals surface area contributed by atoms with E-state index in [0.717, 1.165) is 0 Å². The largest absolute Gasteiger partial charge is 0.390 e. The average molecular weight is 159 g/mol. The first kappa shape index (κ1) is 9.68. The van der Waals surface area contributed by atoms with E-state index in [1.165, 1.54) is 12.1 Å². The van der Waals surface area contributed by atoms with Crippen LogP contribution in [0.15, 0.2) is 18.7 Å². The maximum atomic E-state index is 7.84. The number of rotatable bonds is 0. The SMILES string of the molecule is [C-]#[N+]C(C#N)C#N.c1c[nH]cn1. The quantitative estimate of drug-likeness (QED) is 0.566. The number of nitrogens with zero attached hydrogens (tertiary/aromatic N) is 4. The third-order valence-electron chi connectivity index (χ3n) is 0.780. The van der Waals surface area contributed by atoms with Crippen LogP contribution in [-0.2, 0) is 0 Å². The number of nitrogens with one attached hydrogen (secondary N) is 1. The van der Waals surface area contributed by atoms with E-state index in [1.807, 2.05) is 0 Å². The molecule has 1 N–H and O–H groups in total. The van der Waals surface area contributed by atoms with Crippen molar-refractivity contribution in [2.24, 2.45) is 0 Å². The Morgan fingerprint density at radius 1 is 1.50 bits per heavy atom. The van der Waals surface area contributed by atoms with Gasteiger partial charge in [0.1, 0.15) is 0 Å². The molecule has 0 amide bonds. The maximum Gasteiger partial charge on any atom is 0.390 e. The van der Waals surface area contributed by atoms with Gasteiger partial charge in [-0.3, -0.25) is 4.85 Å². The summed E-state index contributed by atoms with van der Waals surface area (Å²) in [5.74, 6) is 0. The Morgan fingerprint density at radius 2 is 2.17 bits per heavy atom. The molecule has 5 heteroatoms. The molecule has 0 bridgehead atoms. The highest BCUT2D eigenvalue weighted by Crippen LogP contribution is 1.80. The van der Waals surface area contributed by atoms with Gasteiger partial charge in [0.05, 0.1) is 6.33 Å². The van der Waals surface area contributed by atoms with Gasteiger partial charge in [0.2, 0.25) is 0 Å². The van der Waals surface area contributed by atoms with Crippen LogP contribution in [0.5, 0.6) is 0 Å². The van der Waals surface area contributed by atoms with E-state index >= 15 is 0 Å². The molecule has 0 saturated carbocycles. The topological polar surface area (TPSA) is 80.6 Å². The molecule has 0 spiro atoms. The highest BCUT2D eigenvalue weighted by molar-refractivity contribution is 5.12. The lowest BCUT2D eigenvalue weighted by Gasteiger charge is -1.68. The summed E-state index contributed by atoms with van der Waals surface area (Å²) in [5, 5.41) is 15.7. The molecule has 0 fully saturated rings. The summed E-state index contributed by atoms with van der Waals surface area (Å²) in [4.78, 5) is 9.07. The smallest absolute Gasteiger partial charge is 0.351 e. The summed E-state index contributed by atoms with van der Waals surface area (Å²) in [6.45, 7) is 6.14. The Balaban J connectivity index is 0.000000211. The predicted molar refractivity (Wildman–Crippen MR) is 40.2 cm³/mol. The molecule has 1 aromatic rings. The second-order valence-electron chi connectivity index (χ2n) is 1.55. The molecule has 0 aliphatic rings. The Labute approximate surface area is 69.7 Å².